The second kappa shape index (κ2) is 5.86. The molecule has 0 unspecified atom stereocenters. The molecule has 0 radical (unpaired) electrons. The molecule has 2 N–H and O–H groups in total. The number of carbonyl (C=O) groups is 1. The van der Waals surface area contributed by atoms with Gasteiger partial charge in [-0.25, -0.2) is 4.98 Å². The van der Waals surface area contributed by atoms with Gasteiger partial charge in [0.05, 0.1) is 10.5 Å². The van der Waals surface area contributed by atoms with E-state index in [1.165, 1.54) is 0 Å². The maximum atomic E-state index is 11.9. The van der Waals surface area contributed by atoms with E-state index in [4.69, 9.17) is 11.6 Å². The Labute approximate surface area is 149 Å². The lowest BCUT2D eigenvalue weighted by atomic mass is 9.98. The number of aromatic nitrogens is 4. The highest BCUT2D eigenvalue weighted by molar-refractivity contribution is 6.36. The summed E-state index contributed by atoms with van der Waals surface area (Å²) in [6, 6.07) is 1.99. The van der Waals surface area contributed by atoms with Crippen LogP contribution in [0.2, 0.25) is 5.02 Å². The standard InChI is InChI=1S/C17H18ClN5O2/c1-9-5-10(17-19-8-22(2)21-17)14-11-6-23(13(25)7-24)4-3-12(11)20-16(14)15(9)18/h5,8,20,24H,3-4,6-7H2,1-2H3. The molecule has 2 aromatic heterocycles. The molecule has 0 atom stereocenters. The number of fused-ring (bicyclic) bond motifs is 3. The van der Waals surface area contributed by atoms with Gasteiger partial charge in [-0.15, -0.1) is 0 Å². The molecule has 0 fully saturated rings. The quantitative estimate of drug-likeness (QED) is 0.730. The number of nitrogens with one attached hydrogen (secondary N) is 1. The predicted octanol–water partition coefficient (Wildman–Crippen LogP) is 1.80. The monoisotopic (exact) mass is 359 g/mol. The highest BCUT2D eigenvalue weighted by atomic mass is 35.5. The maximum Gasteiger partial charge on any atom is 0.248 e. The number of nitrogens with zero attached hydrogens (tertiary/aromatic N) is 4. The van der Waals surface area contributed by atoms with E-state index >= 15 is 0 Å². The largest absolute Gasteiger partial charge is 0.387 e. The second-order valence-corrected chi connectivity index (χ2v) is 6.73. The van der Waals surface area contributed by atoms with E-state index in [0.29, 0.717) is 30.4 Å². The van der Waals surface area contributed by atoms with E-state index in [1.54, 1.807) is 15.9 Å². The van der Waals surface area contributed by atoms with E-state index in [9.17, 15) is 9.90 Å². The Morgan fingerprint density at radius 2 is 2.28 bits per heavy atom. The number of H-pyrrole nitrogens is 1. The third-order valence-electron chi connectivity index (χ3n) is 4.70. The van der Waals surface area contributed by atoms with Gasteiger partial charge in [-0.05, 0) is 18.6 Å². The van der Waals surface area contributed by atoms with Gasteiger partial charge >= 0.3 is 0 Å². The molecule has 3 aromatic rings. The summed E-state index contributed by atoms with van der Waals surface area (Å²) in [6.07, 6.45) is 2.35. The highest BCUT2D eigenvalue weighted by Crippen LogP contribution is 2.39. The average molecular weight is 360 g/mol. The summed E-state index contributed by atoms with van der Waals surface area (Å²) >= 11 is 6.54. The number of aryl methyl sites for hydroxylation is 2. The van der Waals surface area contributed by atoms with Gasteiger partial charge in [-0.2, -0.15) is 5.10 Å². The zero-order chi connectivity index (χ0) is 17.7. The number of aliphatic hydroxyl groups excluding tert-OH is 1. The minimum absolute atomic E-state index is 0.268. The van der Waals surface area contributed by atoms with E-state index in [1.807, 2.05) is 20.0 Å². The molecule has 1 aromatic carbocycles. The summed E-state index contributed by atoms with van der Waals surface area (Å²) in [4.78, 5) is 21.4. The van der Waals surface area contributed by atoms with Crippen LogP contribution in [0.5, 0.6) is 0 Å². The van der Waals surface area contributed by atoms with Crippen molar-refractivity contribution in [1.82, 2.24) is 24.6 Å². The molecule has 1 amide bonds. The van der Waals surface area contributed by atoms with Crippen molar-refractivity contribution in [3.63, 3.8) is 0 Å². The van der Waals surface area contributed by atoms with E-state index in [-0.39, 0.29) is 5.91 Å². The molecule has 130 valence electrons. The fraction of sp³-hybridized carbons (Fsp3) is 0.353. The van der Waals surface area contributed by atoms with E-state index in [0.717, 1.165) is 33.3 Å². The molecular formula is C17H18ClN5O2. The van der Waals surface area contributed by atoms with Crippen LogP contribution >= 0.6 is 11.6 Å². The number of hydrogen-bond donors (Lipinski definition) is 2. The van der Waals surface area contributed by atoms with Crippen molar-refractivity contribution in [3.8, 4) is 11.4 Å². The number of hydrogen-bond acceptors (Lipinski definition) is 4. The molecule has 0 bridgehead atoms. The summed E-state index contributed by atoms with van der Waals surface area (Å²) in [7, 11) is 1.82. The number of benzene rings is 1. The number of rotatable bonds is 2. The Kier molecular flexibility index (Phi) is 3.77. The first-order valence-corrected chi connectivity index (χ1v) is 8.44. The minimum atomic E-state index is -0.480. The lowest BCUT2D eigenvalue weighted by molar-refractivity contribution is -0.135. The first-order valence-electron chi connectivity index (χ1n) is 8.06. The van der Waals surface area contributed by atoms with Gasteiger partial charge in [0.15, 0.2) is 5.82 Å². The zero-order valence-corrected chi connectivity index (χ0v) is 14.8. The van der Waals surface area contributed by atoms with E-state index < -0.39 is 6.61 Å². The van der Waals surface area contributed by atoms with Gasteiger partial charge < -0.3 is 15.0 Å². The summed E-state index contributed by atoms with van der Waals surface area (Å²) in [6.45, 7) is 2.49. The van der Waals surface area contributed by atoms with Crippen LogP contribution in [0.3, 0.4) is 0 Å². The smallest absolute Gasteiger partial charge is 0.248 e. The van der Waals surface area contributed by atoms with Crippen molar-refractivity contribution in [2.24, 2.45) is 7.05 Å². The van der Waals surface area contributed by atoms with Gasteiger partial charge in [-0.1, -0.05) is 11.6 Å². The summed E-state index contributed by atoms with van der Waals surface area (Å²) < 4.78 is 1.66. The van der Waals surface area contributed by atoms with Crippen LogP contribution in [0.1, 0.15) is 16.8 Å². The number of amides is 1. The molecular weight excluding hydrogens is 342 g/mol. The van der Waals surface area contributed by atoms with Crippen LogP contribution < -0.4 is 0 Å². The van der Waals surface area contributed by atoms with Gasteiger partial charge in [0.2, 0.25) is 5.91 Å². The molecule has 1 aliphatic rings. The molecule has 0 saturated heterocycles. The normalized spacial score (nSPS) is 14.2. The summed E-state index contributed by atoms with van der Waals surface area (Å²) in [5, 5.41) is 15.2. The summed E-state index contributed by atoms with van der Waals surface area (Å²) in [5.74, 6) is 0.357. The van der Waals surface area contributed by atoms with Crippen LogP contribution in [-0.4, -0.2) is 48.8 Å². The van der Waals surface area contributed by atoms with Crippen molar-refractivity contribution >= 4 is 28.4 Å². The number of aromatic amines is 1. The Morgan fingerprint density at radius 3 is 2.96 bits per heavy atom. The third kappa shape index (κ3) is 2.51. The Balaban J connectivity index is 1.96. The topological polar surface area (TPSA) is 87.0 Å². The third-order valence-corrected chi connectivity index (χ3v) is 5.18. The van der Waals surface area contributed by atoms with Crippen molar-refractivity contribution < 1.29 is 9.90 Å². The fourth-order valence-electron chi connectivity index (χ4n) is 3.46. The molecule has 0 saturated carbocycles. The molecule has 4 rings (SSSR count). The van der Waals surface area contributed by atoms with Gasteiger partial charge in [0, 0.05) is 48.8 Å². The molecule has 3 heterocycles. The molecule has 7 nitrogen and oxygen atoms in total. The van der Waals surface area contributed by atoms with Crippen molar-refractivity contribution in [1.29, 1.82) is 0 Å². The van der Waals surface area contributed by atoms with E-state index in [2.05, 4.69) is 15.1 Å². The van der Waals surface area contributed by atoms with Crippen LogP contribution in [-0.2, 0) is 24.8 Å². The zero-order valence-electron chi connectivity index (χ0n) is 14.0. The molecule has 0 aliphatic carbocycles. The lowest BCUT2D eigenvalue weighted by Gasteiger charge is -2.26. The van der Waals surface area contributed by atoms with Crippen LogP contribution in [0.15, 0.2) is 12.4 Å². The van der Waals surface area contributed by atoms with Gasteiger partial charge in [0.1, 0.15) is 12.9 Å². The average Bonchev–Trinajstić information content (AvgIpc) is 3.20. The van der Waals surface area contributed by atoms with Crippen molar-refractivity contribution in [2.75, 3.05) is 13.2 Å². The van der Waals surface area contributed by atoms with Crippen LogP contribution in [0, 0.1) is 6.92 Å². The molecule has 0 spiro atoms. The van der Waals surface area contributed by atoms with Crippen LogP contribution in [0.4, 0.5) is 0 Å². The number of halogens is 1. The lowest BCUT2D eigenvalue weighted by Crippen LogP contribution is -2.37. The van der Waals surface area contributed by atoms with Crippen LogP contribution in [0.25, 0.3) is 22.3 Å². The molecule has 25 heavy (non-hydrogen) atoms. The first-order chi connectivity index (χ1) is 12.0. The second-order valence-electron chi connectivity index (χ2n) is 6.35. The highest BCUT2D eigenvalue weighted by Gasteiger charge is 2.27. The molecule has 8 heteroatoms. The first kappa shape index (κ1) is 16.1. The maximum absolute atomic E-state index is 11.9. The number of carbonyl (C=O) groups excluding carboxylic acids is 1. The SMILES string of the molecule is Cc1cc(-c2ncn(C)n2)c2c3c([nH]c2c1Cl)CCN(C(=O)CO)C3. The Bertz CT molecular complexity index is 991. The van der Waals surface area contributed by atoms with Gasteiger partial charge in [0.25, 0.3) is 0 Å². The Morgan fingerprint density at radius 1 is 1.48 bits per heavy atom. The van der Waals surface area contributed by atoms with Crippen molar-refractivity contribution in [3.05, 3.63) is 34.2 Å². The minimum Gasteiger partial charge on any atom is -0.387 e. The van der Waals surface area contributed by atoms with Gasteiger partial charge in [-0.3, -0.25) is 9.48 Å². The fourth-order valence-corrected chi connectivity index (χ4v) is 3.65. The van der Waals surface area contributed by atoms with Crippen molar-refractivity contribution in [2.45, 2.75) is 19.9 Å². The number of aliphatic hydroxyl groups is 1. The predicted molar refractivity (Wildman–Crippen MR) is 94.2 cm³/mol. The molecule has 1 aliphatic heterocycles. The Hall–Kier alpha value is -2.38. The summed E-state index contributed by atoms with van der Waals surface area (Å²) in [5.41, 5.74) is 4.79.